The van der Waals surface area contributed by atoms with E-state index in [-0.39, 0.29) is 18.9 Å². The highest BCUT2D eigenvalue weighted by atomic mass is 79.9. The first-order valence-corrected chi connectivity index (χ1v) is 15.5. The number of ether oxygens (including phenoxy) is 3. The van der Waals surface area contributed by atoms with E-state index in [1.807, 2.05) is 115 Å². The number of aliphatic hydroxyl groups is 1. The van der Waals surface area contributed by atoms with Crippen molar-refractivity contribution in [2.24, 2.45) is 4.99 Å². The average Bonchev–Trinajstić information content (AvgIpc) is 3.46. The van der Waals surface area contributed by atoms with Crippen molar-refractivity contribution in [3.63, 3.8) is 0 Å². The van der Waals surface area contributed by atoms with Crippen molar-refractivity contribution in [1.82, 2.24) is 10.9 Å². The predicted molar refractivity (Wildman–Crippen MR) is 179 cm³/mol. The second-order valence-corrected chi connectivity index (χ2v) is 11.3. The highest BCUT2D eigenvalue weighted by Crippen LogP contribution is 2.45. The number of hydrogen-bond donors (Lipinski definition) is 3. The van der Waals surface area contributed by atoms with Gasteiger partial charge < -0.3 is 19.3 Å². The van der Waals surface area contributed by atoms with E-state index in [0.717, 1.165) is 26.9 Å². The van der Waals surface area contributed by atoms with E-state index >= 15 is 0 Å². The summed E-state index contributed by atoms with van der Waals surface area (Å²) in [5.74, 6) is 1.41. The summed E-state index contributed by atoms with van der Waals surface area (Å²) >= 11 is 3.68. The van der Waals surface area contributed by atoms with Crippen molar-refractivity contribution in [1.29, 1.82) is 0 Å². The van der Waals surface area contributed by atoms with Gasteiger partial charge in [-0.3, -0.25) is 10.2 Å². The summed E-state index contributed by atoms with van der Waals surface area (Å²) in [6.45, 7) is 0.826. The molecule has 5 rings (SSSR count). The van der Waals surface area contributed by atoms with Crippen LogP contribution in [0.3, 0.4) is 0 Å². The number of carbonyl (C=O) groups excluding carboxylic acids is 1. The third-order valence-electron chi connectivity index (χ3n) is 7.43. The molecule has 0 aromatic heterocycles. The summed E-state index contributed by atoms with van der Waals surface area (Å²) in [6.07, 6.45) is 4.02. The molecule has 0 aliphatic carbocycles. The van der Waals surface area contributed by atoms with Crippen LogP contribution in [0.15, 0.2) is 119 Å². The fourth-order valence-corrected chi connectivity index (χ4v) is 5.59. The van der Waals surface area contributed by atoms with Gasteiger partial charge in [0.1, 0.15) is 11.5 Å². The Bertz CT molecular complexity index is 1630. The molecule has 1 aliphatic rings. The molecule has 4 aromatic carbocycles. The van der Waals surface area contributed by atoms with Gasteiger partial charge in [-0.05, 0) is 42.0 Å². The van der Waals surface area contributed by atoms with Crippen molar-refractivity contribution < 1.29 is 24.1 Å². The Balaban J connectivity index is 1.50. The molecule has 3 N–H and O–H groups in total. The van der Waals surface area contributed by atoms with Crippen LogP contribution < -0.4 is 20.3 Å². The largest absolute Gasteiger partial charge is 0.496 e. The maximum absolute atomic E-state index is 14.3. The SMILES string of the molecule is COc1ccccc1CNNC(=O)[C@@]1(C/C=C/c2ccccc2)N=C(c2ccc(OCCCO)cc2)O[C@H]1c1ccccc1Br. The number of hydrogen-bond acceptors (Lipinski definition) is 7. The van der Waals surface area contributed by atoms with Crippen LogP contribution in [-0.2, 0) is 16.1 Å². The molecule has 0 saturated carbocycles. The third-order valence-corrected chi connectivity index (χ3v) is 8.15. The van der Waals surface area contributed by atoms with Gasteiger partial charge in [-0.25, -0.2) is 10.4 Å². The lowest BCUT2D eigenvalue weighted by molar-refractivity contribution is -0.129. The van der Waals surface area contributed by atoms with Crippen LogP contribution in [0.2, 0.25) is 0 Å². The van der Waals surface area contributed by atoms with Gasteiger partial charge >= 0.3 is 0 Å². The lowest BCUT2D eigenvalue weighted by Crippen LogP contribution is -2.52. The van der Waals surface area contributed by atoms with Crippen LogP contribution in [0.25, 0.3) is 6.08 Å². The first-order chi connectivity index (χ1) is 22.0. The fraction of sp³-hybridized carbons (Fsp3) is 0.222. The summed E-state index contributed by atoms with van der Waals surface area (Å²) in [7, 11) is 1.62. The van der Waals surface area contributed by atoms with E-state index < -0.39 is 11.6 Å². The van der Waals surface area contributed by atoms with Crippen molar-refractivity contribution in [2.45, 2.75) is 31.0 Å². The molecule has 0 saturated heterocycles. The Morgan fingerprint density at radius 1 is 1.00 bits per heavy atom. The summed E-state index contributed by atoms with van der Waals surface area (Å²) in [5, 5.41) is 9.06. The maximum Gasteiger partial charge on any atom is 0.266 e. The van der Waals surface area contributed by atoms with Crippen molar-refractivity contribution in [3.05, 3.63) is 136 Å². The molecular weight excluding hydrogens is 634 g/mol. The van der Waals surface area contributed by atoms with Crippen LogP contribution in [0.4, 0.5) is 0 Å². The molecule has 8 nitrogen and oxygen atoms in total. The predicted octanol–water partition coefficient (Wildman–Crippen LogP) is 6.40. The minimum Gasteiger partial charge on any atom is -0.496 e. The van der Waals surface area contributed by atoms with Gasteiger partial charge in [0.15, 0.2) is 11.6 Å². The first kappa shape index (κ1) is 32.0. The summed E-state index contributed by atoms with van der Waals surface area (Å²) in [4.78, 5) is 19.4. The Morgan fingerprint density at radius 2 is 1.73 bits per heavy atom. The molecule has 2 atom stereocenters. The van der Waals surface area contributed by atoms with Gasteiger partial charge in [0, 0.05) is 47.2 Å². The zero-order valence-electron chi connectivity index (χ0n) is 25.0. The average molecular weight is 671 g/mol. The van der Waals surface area contributed by atoms with Gasteiger partial charge in [0.2, 0.25) is 5.90 Å². The molecule has 0 bridgehead atoms. The second kappa shape index (κ2) is 15.5. The number of carbonyl (C=O) groups is 1. The van der Waals surface area contributed by atoms with Gasteiger partial charge in [0.05, 0.1) is 13.7 Å². The smallest absolute Gasteiger partial charge is 0.266 e. The van der Waals surface area contributed by atoms with Crippen LogP contribution in [0.1, 0.15) is 41.2 Å². The second-order valence-electron chi connectivity index (χ2n) is 10.4. The van der Waals surface area contributed by atoms with Crippen LogP contribution in [-0.4, -0.2) is 42.8 Å². The number of nitrogens with one attached hydrogen (secondary N) is 2. The Kier molecular flexibility index (Phi) is 11.0. The zero-order chi connectivity index (χ0) is 31.5. The monoisotopic (exact) mass is 669 g/mol. The van der Waals surface area contributed by atoms with Crippen LogP contribution in [0.5, 0.6) is 11.5 Å². The minimum atomic E-state index is -1.35. The number of nitrogens with zero attached hydrogens (tertiary/aromatic N) is 1. The molecule has 1 aliphatic heterocycles. The molecule has 45 heavy (non-hydrogen) atoms. The fourth-order valence-electron chi connectivity index (χ4n) is 5.10. The first-order valence-electron chi connectivity index (χ1n) is 14.8. The van der Waals surface area contributed by atoms with Gasteiger partial charge in [0.25, 0.3) is 5.91 Å². The number of rotatable bonds is 14. The topological polar surface area (TPSA) is 101 Å². The van der Waals surface area contributed by atoms with E-state index in [0.29, 0.717) is 36.8 Å². The number of halogens is 1. The number of benzene rings is 4. The van der Waals surface area contributed by atoms with Crippen molar-refractivity contribution >= 4 is 33.8 Å². The quantitative estimate of drug-likeness (QED) is 0.106. The molecule has 0 spiro atoms. The van der Waals surface area contributed by atoms with E-state index in [2.05, 4.69) is 26.8 Å². The highest BCUT2D eigenvalue weighted by Gasteiger charge is 2.53. The van der Waals surface area contributed by atoms with E-state index in [1.165, 1.54) is 0 Å². The lowest BCUT2D eigenvalue weighted by Gasteiger charge is -2.30. The molecule has 1 amide bonds. The van der Waals surface area contributed by atoms with Gasteiger partial charge in [-0.2, -0.15) is 0 Å². The number of amides is 1. The van der Waals surface area contributed by atoms with Gasteiger partial charge in [-0.1, -0.05) is 94.8 Å². The molecule has 4 aromatic rings. The molecule has 1 heterocycles. The molecule has 0 fully saturated rings. The highest BCUT2D eigenvalue weighted by molar-refractivity contribution is 9.10. The van der Waals surface area contributed by atoms with Crippen LogP contribution >= 0.6 is 15.9 Å². The molecule has 0 radical (unpaired) electrons. The van der Waals surface area contributed by atoms with Crippen molar-refractivity contribution in [3.8, 4) is 11.5 Å². The Labute approximate surface area is 271 Å². The summed E-state index contributed by atoms with van der Waals surface area (Å²) < 4.78 is 18.6. The van der Waals surface area contributed by atoms with Crippen LogP contribution in [0, 0.1) is 0 Å². The molecule has 9 heteroatoms. The lowest BCUT2D eigenvalue weighted by atomic mass is 9.84. The van der Waals surface area contributed by atoms with E-state index in [1.54, 1.807) is 7.11 Å². The number of methoxy groups -OCH3 is 1. The van der Waals surface area contributed by atoms with Crippen molar-refractivity contribution in [2.75, 3.05) is 20.3 Å². The number of para-hydroxylation sites is 1. The molecule has 232 valence electrons. The van der Waals surface area contributed by atoms with E-state index in [4.69, 9.17) is 24.3 Å². The minimum absolute atomic E-state index is 0.0653. The third kappa shape index (κ3) is 7.81. The normalized spacial score (nSPS) is 17.5. The Morgan fingerprint density at radius 3 is 2.49 bits per heavy atom. The molecular formula is C36H36BrN3O5. The summed E-state index contributed by atoms with van der Waals surface area (Å²) in [6, 6.07) is 32.6. The number of hydrazine groups is 1. The molecule has 0 unspecified atom stereocenters. The summed E-state index contributed by atoms with van der Waals surface area (Å²) in [5.41, 5.74) is 8.08. The van der Waals surface area contributed by atoms with E-state index in [9.17, 15) is 4.79 Å². The maximum atomic E-state index is 14.3. The zero-order valence-corrected chi connectivity index (χ0v) is 26.6. The number of aliphatic imine (C=N–C) groups is 1. The number of aliphatic hydroxyl groups excluding tert-OH is 1. The Hall–Kier alpha value is -4.44. The standard InChI is InChI=1S/C36H36BrN3O5/c1-43-32-17-8-5-14-28(32)25-38-40-35(42)36(22-9-13-26-11-3-2-4-12-26)33(30-15-6-7-16-31(30)37)45-34(39-36)27-18-20-29(21-19-27)44-24-10-23-41/h2-9,11-21,33,38,41H,10,22-25H2,1H3,(H,40,42)/b13-9+/t33-,36-/m0/s1. The van der Waals surface area contributed by atoms with Gasteiger partial charge in [-0.15, -0.1) is 0 Å².